The normalized spacial score (nSPS) is 9.87. The zero-order valence-electron chi connectivity index (χ0n) is 7.50. The first-order valence-corrected chi connectivity index (χ1v) is 5.55. The molecule has 2 aromatic heterocycles. The topological polar surface area (TPSA) is 80.3 Å². The molecule has 0 N–H and O–H groups in total. The van der Waals surface area contributed by atoms with Crippen LogP contribution in [0.15, 0.2) is 18.7 Å². The number of nitrogens with zero attached hydrogens (tertiary/aromatic N) is 6. The maximum atomic E-state index is 8.59. The molecule has 0 aromatic carbocycles. The van der Waals surface area contributed by atoms with Gasteiger partial charge < -0.3 is 0 Å². The van der Waals surface area contributed by atoms with E-state index in [0.717, 1.165) is 10.3 Å². The van der Waals surface area contributed by atoms with Crippen LogP contribution >= 0.6 is 22.6 Å². The highest BCUT2D eigenvalue weighted by atomic mass is 127. The van der Waals surface area contributed by atoms with Crippen molar-refractivity contribution in [1.29, 1.82) is 5.26 Å². The van der Waals surface area contributed by atoms with Gasteiger partial charge in [-0.2, -0.15) is 15.0 Å². The predicted molar refractivity (Wildman–Crippen MR) is 59.4 cm³/mol. The van der Waals surface area contributed by atoms with E-state index in [1.807, 2.05) is 6.07 Å². The molecule has 0 aliphatic rings. The van der Waals surface area contributed by atoms with E-state index in [1.54, 1.807) is 4.68 Å². The lowest BCUT2D eigenvalue weighted by Gasteiger charge is -2.00. The van der Waals surface area contributed by atoms with Crippen molar-refractivity contribution in [2.45, 2.75) is 4.43 Å². The second kappa shape index (κ2) is 4.31. The molecule has 6 nitrogen and oxygen atoms in total. The SMILES string of the molecule is N#Cc1cnc(-n2ncnc2CI)nc1. The maximum Gasteiger partial charge on any atom is 0.252 e. The molecule has 2 rings (SSSR count). The van der Waals surface area contributed by atoms with Crippen LogP contribution in [0.2, 0.25) is 0 Å². The van der Waals surface area contributed by atoms with E-state index >= 15 is 0 Å². The summed E-state index contributed by atoms with van der Waals surface area (Å²) in [5, 5.41) is 12.6. The third kappa shape index (κ3) is 1.94. The Balaban J connectivity index is 2.42. The second-order valence-electron chi connectivity index (χ2n) is 2.61. The zero-order valence-corrected chi connectivity index (χ0v) is 9.66. The highest BCUT2D eigenvalue weighted by molar-refractivity contribution is 14.1. The first-order valence-electron chi connectivity index (χ1n) is 4.02. The lowest BCUT2D eigenvalue weighted by atomic mass is 10.4. The summed E-state index contributed by atoms with van der Waals surface area (Å²) in [4.78, 5) is 12.1. The average molecular weight is 312 g/mol. The van der Waals surface area contributed by atoms with Gasteiger partial charge in [-0.05, 0) is 0 Å². The number of nitriles is 1. The van der Waals surface area contributed by atoms with Crippen LogP contribution in [0.3, 0.4) is 0 Å². The number of hydrogen-bond acceptors (Lipinski definition) is 5. The summed E-state index contributed by atoms with van der Waals surface area (Å²) >= 11 is 2.19. The van der Waals surface area contributed by atoms with E-state index in [4.69, 9.17) is 5.26 Å². The van der Waals surface area contributed by atoms with Crippen LogP contribution in [0.4, 0.5) is 0 Å². The van der Waals surface area contributed by atoms with E-state index < -0.39 is 0 Å². The summed E-state index contributed by atoms with van der Waals surface area (Å²) < 4.78 is 2.27. The Bertz CT molecular complexity index is 497. The van der Waals surface area contributed by atoms with Crippen molar-refractivity contribution in [3.05, 3.63) is 30.1 Å². The van der Waals surface area contributed by atoms with Gasteiger partial charge in [-0.15, -0.1) is 0 Å². The average Bonchev–Trinajstić information content (AvgIpc) is 2.77. The van der Waals surface area contributed by atoms with Gasteiger partial charge in [0, 0.05) is 0 Å². The number of halogens is 1. The fourth-order valence-corrected chi connectivity index (χ4v) is 1.53. The number of hydrogen-bond donors (Lipinski definition) is 0. The highest BCUT2D eigenvalue weighted by Gasteiger charge is 2.07. The van der Waals surface area contributed by atoms with Crippen LogP contribution in [-0.2, 0) is 4.43 Å². The number of rotatable bonds is 2. The van der Waals surface area contributed by atoms with Crippen molar-refractivity contribution in [3.63, 3.8) is 0 Å². The van der Waals surface area contributed by atoms with Crippen LogP contribution in [0.5, 0.6) is 0 Å². The fraction of sp³-hybridized carbons (Fsp3) is 0.125. The molecular formula is C8H5IN6. The molecule has 0 bridgehead atoms. The van der Waals surface area contributed by atoms with Gasteiger partial charge in [0.25, 0.3) is 5.95 Å². The maximum absolute atomic E-state index is 8.59. The van der Waals surface area contributed by atoms with Gasteiger partial charge in [0.15, 0.2) is 0 Å². The van der Waals surface area contributed by atoms with Crippen LogP contribution < -0.4 is 0 Å². The second-order valence-corrected chi connectivity index (χ2v) is 3.37. The Morgan fingerprint density at radius 3 is 2.67 bits per heavy atom. The summed E-state index contributed by atoms with van der Waals surface area (Å²) in [6.45, 7) is 0. The smallest absolute Gasteiger partial charge is 0.219 e. The summed E-state index contributed by atoms with van der Waals surface area (Å²) in [6.07, 6.45) is 4.37. The van der Waals surface area contributed by atoms with Gasteiger partial charge in [0.2, 0.25) is 0 Å². The Morgan fingerprint density at radius 1 is 1.33 bits per heavy atom. The molecule has 0 atom stereocenters. The largest absolute Gasteiger partial charge is 0.252 e. The Kier molecular flexibility index (Phi) is 2.86. The van der Waals surface area contributed by atoms with E-state index in [0.29, 0.717) is 11.5 Å². The van der Waals surface area contributed by atoms with E-state index in [-0.39, 0.29) is 0 Å². The van der Waals surface area contributed by atoms with E-state index in [9.17, 15) is 0 Å². The molecule has 0 amide bonds. The first kappa shape index (κ1) is 9.97. The van der Waals surface area contributed by atoms with Crippen LogP contribution in [0.25, 0.3) is 5.95 Å². The van der Waals surface area contributed by atoms with Crippen LogP contribution in [0, 0.1) is 11.3 Å². The van der Waals surface area contributed by atoms with Crippen molar-refractivity contribution in [3.8, 4) is 12.0 Å². The van der Waals surface area contributed by atoms with Crippen molar-refractivity contribution in [2.24, 2.45) is 0 Å². The van der Waals surface area contributed by atoms with Crippen molar-refractivity contribution >= 4 is 22.6 Å². The minimum absolute atomic E-state index is 0.426. The summed E-state index contributed by atoms with van der Waals surface area (Å²) in [5.74, 6) is 1.21. The number of alkyl halides is 1. The molecule has 15 heavy (non-hydrogen) atoms. The minimum Gasteiger partial charge on any atom is -0.219 e. The zero-order chi connectivity index (χ0) is 10.7. The third-order valence-corrected chi connectivity index (χ3v) is 2.38. The van der Waals surface area contributed by atoms with Crippen molar-refractivity contribution in [1.82, 2.24) is 24.7 Å². The minimum atomic E-state index is 0.426. The van der Waals surface area contributed by atoms with Crippen molar-refractivity contribution in [2.75, 3.05) is 0 Å². The first-order chi connectivity index (χ1) is 7.35. The van der Waals surface area contributed by atoms with Gasteiger partial charge in [-0.3, -0.25) is 0 Å². The molecule has 0 saturated carbocycles. The van der Waals surface area contributed by atoms with Gasteiger partial charge in [0.05, 0.1) is 22.4 Å². The molecule has 2 heterocycles. The molecule has 0 unspecified atom stereocenters. The van der Waals surface area contributed by atoms with Crippen LogP contribution in [-0.4, -0.2) is 24.7 Å². The lowest BCUT2D eigenvalue weighted by molar-refractivity contribution is 0.775. The molecule has 0 fully saturated rings. The van der Waals surface area contributed by atoms with Gasteiger partial charge in [-0.25, -0.2) is 15.0 Å². The third-order valence-electron chi connectivity index (χ3n) is 1.69. The molecular weight excluding hydrogens is 307 g/mol. The predicted octanol–water partition coefficient (Wildman–Crippen LogP) is 0.864. The highest BCUT2D eigenvalue weighted by Crippen LogP contribution is 2.06. The molecule has 0 spiro atoms. The van der Waals surface area contributed by atoms with E-state index in [2.05, 4.69) is 42.6 Å². The van der Waals surface area contributed by atoms with Gasteiger partial charge >= 0.3 is 0 Å². The van der Waals surface area contributed by atoms with E-state index in [1.165, 1.54) is 18.7 Å². The summed E-state index contributed by atoms with van der Waals surface area (Å²) in [5.41, 5.74) is 0.426. The monoisotopic (exact) mass is 312 g/mol. The molecule has 2 aromatic rings. The summed E-state index contributed by atoms with van der Waals surface area (Å²) in [7, 11) is 0. The standard InChI is InChI=1S/C8H5IN6/c9-1-7-13-5-14-15(7)8-11-3-6(2-10)4-12-8/h3-5H,1H2. The number of aromatic nitrogens is 5. The molecule has 7 heteroatoms. The Morgan fingerprint density at radius 2 is 2.07 bits per heavy atom. The molecule has 0 aliphatic heterocycles. The Labute approximate surface area is 99.1 Å². The van der Waals surface area contributed by atoms with Crippen LogP contribution in [0.1, 0.15) is 11.4 Å². The lowest BCUT2D eigenvalue weighted by Crippen LogP contribution is -2.06. The molecule has 74 valence electrons. The molecule has 0 radical (unpaired) electrons. The quantitative estimate of drug-likeness (QED) is 0.607. The summed E-state index contributed by atoms with van der Waals surface area (Å²) in [6, 6.07) is 1.96. The van der Waals surface area contributed by atoms with Crippen molar-refractivity contribution < 1.29 is 0 Å². The molecule has 0 aliphatic carbocycles. The van der Waals surface area contributed by atoms with Gasteiger partial charge in [-0.1, -0.05) is 22.6 Å². The fourth-order valence-electron chi connectivity index (χ4n) is 1.01. The van der Waals surface area contributed by atoms with Gasteiger partial charge in [0.1, 0.15) is 18.2 Å². The Hall–Kier alpha value is -1.56. The molecule has 0 saturated heterocycles.